The Morgan fingerprint density at radius 1 is 1.28 bits per heavy atom. The van der Waals surface area contributed by atoms with Gasteiger partial charge in [-0.15, -0.1) is 22.7 Å². The molecule has 1 atom stereocenters. The van der Waals surface area contributed by atoms with E-state index in [-0.39, 0.29) is 34.3 Å². The van der Waals surface area contributed by atoms with Crippen LogP contribution in [0.4, 0.5) is 11.4 Å². The highest BCUT2D eigenvalue weighted by atomic mass is 79.9. The predicted molar refractivity (Wildman–Crippen MR) is 145 cm³/mol. The average Bonchev–Trinajstić information content (AvgIpc) is 3.48. The van der Waals surface area contributed by atoms with Crippen molar-refractivity contribution < 1.29 is 22.7 Å². The Labute approximate surface area is 225 Å². The van der Waals surface area contributed by atoms with E-state index < -0.39 is 27.7 Å². The Kier molecular flexibility index (Phi) is 9.59. The Morgan fingerprint density at radius 2 is 2.06 bits per heavy atom. The van der Waals surface area contributed by atoms with Crippen molar-refractivity contribution in [3.05, 3.63) is 55.6 Å². The van der Waals surface area contributed by atoms with Gasteiger partial charge in [-0.2, -0.15) is 0 Å². The topological polar surface area (TPSA) is 153 Å². The highest BCUT2D eigenvalue weighted by Gasteiger charge is 2.26. The molecule has 0 aliphatic heterocycles. The Hall–Kier alpha value is -2.81. The van der Waals surface area contributed by atoms with E-state index >= 15 is 0 Å². The number of nitrogens with one attached hydrogen (secondary N) is 2. The number of anilines is 2. The van der Waals surface area contributed by atoms with Crippen molar-refractivity contribution in [2.75, 3.05) is 23.7 Å². The molecule has 36 heavy (non-hydrogen) atoms. The number of carbonyl (C=O) groups excluding carboxylic acids is 2. The number of rotatable bonds is 12. The first-order valence-corrected chi connectivity index (χ1v) is 14.5. The van der Waals surface area contributed by atoms with Gasteiger partial charge in [0.2, 0.25) is 0 Å². The summed E-state index contributed by atoms with van der Waals surface area (Å²) in [5, 5.41) is 6.64. The van der Waals surface area contributed by atoms with Crippen molar-refractivity contribution in [1.29, 1.82) is 0 Å². The van der Waals surface area contributed by atoms with Gasteiger partial charge in [0.1, 0.15) is 0 Å². The molecule has 2 heterocycles. The Balaban J connectivity index is 1.73. The number of aromatic nitrogens is 1. The number of esters is 1. The third-order valence-electron chi connectivity index (χ3n) is 4.83. The fourth-order valence-electron chi connectivity index (χ4n) is 3.10. The van der Waals surface area contributed by atoms with E-state index in [4.69, 9.17) is 10.5 Å². The number of halogens is 1. The molecule has 0 bridgehead atoms. The maximum absolute atomic E-state index is 13.1. The zero-order chi connectivity index (χ0) is 26.3. The number of thiazole rings is 1. The van der Waals surface area contributed by atoms with Crippen LogP contribution in [0.3, 0.4) is 0 Å². The number of Topliss-reactive ketones (excluding diaryl/α,β-unsaturated/α-hetero) is 1. The number of hydrogen-bond donors (Lipinski definition) is 3. The molecule has 0 radical (unpaired) electrons. The van der Waals surface area contributed by atoms with Gasteiger partial charge in [-0.05, 0) is 52.5 Å². The largest absolute Gasteiger partial charge is 0.469 e. The molecule has 0 spiro atoms. The summed E-state index contributed by atoms with van der Waals surface area (Å²) in [5.74, 6) is -1.57. The number of nitrogens with zero attached hydrogens (tertiary/aromatic N) is 2. The summed E-state index contributed by atoms with van der Waals surface area (Å²) in [7, 11) is -2.77. The molecule has 0 saturated carbocycles. The number of ketones is 1. The number of thiophene rings is 1. The van der Waals surface area contributed by atoms with Crippen molar-refractivity contribution in [2.45, 2.75) is 24.8 Å². The highest BCUT2D eigenvalue weighted by molar-refractivity contribution is 9.11. The molecule has 0 fully saturated rings. The van der Waals surface area contributed by atoms with Gasteiger partial charge in [0.25, 0.3) is 10.0 Å². The van der Waals surface area contributed by atoms with E-state index in [1.807, 2.05) is 5.38 Å². The second kappa shape index (κ2) is 12.4. The fourth-order valence-corrected chi connectivity index (χ4v) is 6.13. The molecule has 192 valence electrons. The van der Waals surface area contributed by atoms with Crippen molar-refractivity contribution in [2.24, 2.45) is 16.6 Å². The van der Waals surface area contributed by atoms with E-state index in [2.05, 4.69) is 35.9 Å². The van der Waals surface area contributed by atoms with Gasteiger partial charge in [0, 0.05) is 17.5 Å². The summed E-state index contributed by atoms with van der Waals surface area (Å²) < 4.78 is 34.2. The van der Waals surface area contributed by atoms with Crippen LogP contribution in [0, 0.1) is 5.92 Å². The van der Waals surface area contributed by atoms with Gasteiger partial charge in [-0.1, -0.05) is 6.07 Å². The molecular weight excluding hydrogens is 590 g/mol. The SMILES string of the molecule is COC(=O)[C@H](CN=C(C)N)CC(=O)c1sccc1NS(=O)(=O)c1cccc(NCc2csc(Br)n2)c1. The van der Waals surface area contributed by atoms with Crippen LogP contribution >= 0.6 is 38.6 Å². The lowest BCUT2D eigenvalue weighted by Gasteiger charge is -2.13. The van der Waals surface area contributed by atoms with Crippen LogP contribution in [0.5, 0.6) is 0 Å². The lowest BCUT2D eigenvalue weighted by atomic mass is 10.0. The molecular formula is C22H24BrN5O5S3. The van der Waals surface area contributed by atoms with Crippen LogP contribution in [0.2, 0.25) is 0 Å². The molecule has 10 nitrogen and oxygen atoms in total. The fraction of sp³-hybridized carbons (Fsp3) is 0.273. The van der Waals surface area contributed by atoms with Crippen molar-refractivity contribution >= 4 is 77.6 Å². The minimum absolute atomic E-state index is 0.00910. The summed E-state index contributed by atoms with van der Waals surface area (Å²) in [5.41, 5.74) is 7.10. The second-order valence-corrected chi connectivity index (χ2v) is 12.3. The maximum atomic E-state index is 13.1. The van der Waals surface area contributed by atoms with Crippen LogP contribution < -0.4 is 15.8 Å². The normalized spacial score (nSPS) is 12.7. The zero-order valence-corrected chi connectivity index (χ0v) is 23.4. The first-order valence-electron chi connectivity index (χ1n) is 10.5. The van der Waals surface area contributed by atoms with Crippen LogP contribution in [0.25, 0.3) is 0 Å². The number of nitrogens with two attached hydrogens (primary N) is 1. The van der Waals surface area contributed by atoms with Crippen LogP contribution in [0.15, 0.2) is 54.9 Å². The smallest absolute Gasteiger partial charge is 0.311 e. The number of hydrogen-bond acceptors (Lipinski definition) is 10. The zero-order valence-electron chi connectivity index (χ0n) is 19.4. The van der Waals surface area contributed by atoms with Gasteiger partial charge in [0.05, 0.1) is 53.1 Å². The molecule has 1 aromatic carbocycles. The molecule has 3 rings (SSSR count). The number of methoxy groups -OCH3 is 1. The molecule has 2 aromatic heterocycles. The van der Waals surface area contributed by atoms with Crippen molar-refractivity contribution in [3.63, 3.8) is 0 Å². The summed E-state index contributed by atoms with van der Waals surface area (Å²) in [6.07, 6.45) is -0.204. The quantitative estimate of drug-likeness (QED) is 0.119. The maximum Gasteiger partial charge on any atom is 0.311 e. The Morgan fingerprint density at radius 3 is 2.72 bits per heavy atom. The van der Waals surface area contributed by atoms with E-state index in [9.17, 15) is 18.0 Å². The summed E-state index contributed by atoms with van der Waals surface area (Å²) >= 11 is 5.85. The molecule has 0 aliphatic rings. The predicted octanol–water partition coefficient (Wildman–Crippen LogP) is 4.12. The minimum atomic E-state index is -4.00. The molecule has 14 heteroatoms. The number of benzene rings is 1. The Bertz CT molecular complexity index is 1370. The van der Waals surface area contributed by atoms with Crippen LogP contribution in [0.1, 0.15) is 28.7 Å². The molecule has 0 saturated heterocycles. The summed E-state index contributed by atoms with van der Waals surface area (Å²) in [6.45, 7) is 1.99. The standard InChI is InChI=1S/C22H24BrN5O5S3/c1-13(24)25-10-14(21(30)33-2)8-19(29)20-18(6-7-34-20)28-36(31,32)17-5-3-4-15(9-17)26-11-16-12-35-22(23)27-16/h3-7,9,12,14,26,28H,8,10-11H2,1-2H3,(H2,24,25)/t14-/m0/s1. The lowest BCUT2D eigenvalue weighted by Crippen LogP contribution is -2.24. The third-order valence-corrected chi connectivity index (χ3v) is 8.56. The van der Waals surface area contributed by atoms with E-state index in [1.54, 1.807) is 24.4 Å². The van der Waals surface area contributed by atoms with Crippen molar-refractivity contribution in [3.8, 4) is 0 Å². The van der Waals surface area contributed by atoms with Gasteiger partial charge < -0.3 is 15.8 Å². The van der Waals surface area contributed by atoms with Gasteiger partial charge in [-0.25, -0.2) is 13.4 Å². The molecule has 3 aromatic rings. The molecule has 0 unspecified atom stereocenters. The number of ether oxygens (including phenoxy) is 1. The number of sulfonamides is 1. The number of amidine groups is 1. The van der Waals surface area contributed by atoms with Gasteiger partial charge in [-0.3, -0.25) is 19.3 Å². The molecule has 4 N–H and O–H groups in total. The van der Waals surface area contributed by atoms with E-state index in [0.717, 1.165) is 20.9 Å². The van der Waals surface area contributed by atoms with Crippen LogP contribution in [-0.2, 0) is 26.1 Å². The average molecular weight is 615 g/mol. The molecule has 0 aliphatic carbocycles. The van der Waals surface area contributed by atoms with Crippen LogP contribution in [-0.4, -0.2) is 44.6 Å². The first kappa shape index (κ1) is 27.8. The number of carbonyl (C=O) groups is 2. The van der Waals surface area contributed by atoms with Crippen molar-refractivity contribution in [1.82, 2.24) is 4.98 Å². The van der Waals surface area contributed by atoms with E-state index in [1.165, 1.54) is 36.6 Å². The second-order valence-electron chi connectivity index (χ2n) is 7.57. The monoisotopic (exact) mass is 613 g/mol. The van der Waals surface area contributed by atoms with Gasteiger partial charge in [0.15, 0.2) is 9.70 Å². The summed E-state index contributed by atoms with van der Waals surface area (Å²) in [4.78, 5) is 33.6. The summed E-state index contributed by atoms with van der Waals surface area (Å²) in [6, 6.07) is 7.83. The van der Waals surface area contributed by atoms with Gasteiger partial charge >= 0.3 is 5.97 Å². The van der Waals surface area contributed by atoms with E-state index in [0.29, 0.717) is 12.2 Å². The first-order chi connectivity index (χ1) is 17.1. The lowest BCUT2D eigenvalue weighted by molar-refractivity contribution is -0.145. The molecule has 0 amide bonds. The minimum Gasteiger partial charge on any atom is -0.469 e. The highest BCUT2D eigenvalue weighted by Crippen LogP contribution is 2.29. The third kappa shape index (κ3) is 7.59. The number of aliphatic imine (C=N–C) groups is 1.